The fraction of sp³-hybridized carbons (Fsp3) is 0.364. The minimum atomic E-state index is -0.576. The highest BCUT2D eigenvalue weighted by atomic mass is 16.3. The summed E-state index contributed by atoms with van der Waals surface area (Å²) in [4.78, 5) is 11.5. The molecule has 0 aromatic heterocycles. The van der Waals surface area contributed by atoms with Gasteiger partial charge in [-0.3, -0.25) is 4.79 Å². The SMILES string of the molecule is Cc1ccc(C(=O)NCC(C)O)cc1O. The number of aliphatic hydroxyl groups excluding tert-OH is 1. The average molecular weight is 209 g/mol. The van der Waals surface area contributed by atoms with E-state index < -0.39 is 6.10 Å². The zero-order chi connectivity index (χ0) is 11.4. The first-order valence-corrected chi connectivity index (χ1v) is 4.76. The van der Waals surface area contributed by atoms with Crippen LogP contribution in [0.1, 0.15) is 22.8 Å². The third-order valence-electron chi connectivity index (χ3n) is 2.03. The van der Waals surface area contributed by atoms with Crippen LogP contribution in [-0.4, -0.2) is 28.8 Å². The zero-order valence-electron chi connectivity index (χ0n) is 8.82. The summed E-state index contributed by atoms with van der Waals surface area (Å²) in [5.74, 6) is -0.203. The Bertz CT molecular complexity index is 361. The fourth-order valence-electron chi connectivity index (χ4n) is 1.09. The Morgan fingerprint density at radius 1 is 1.53 bits per heavy atom. The van der Waals surface area contributed by atoms with Crippen LogP contribution in [0.3, 0.4) is 0 Å². The molecule has 0 aliphatic rings. The van der Waals surface area contributed by atoms with Gasteiger partial charge in [-0.25, -0.2) is 0 Å². The van der Waals surface area contributed by atoms with E-state index in [1.54, 1.807) is 26.0 Å². The van der Waals surface area contributed by atoms with Crippen molar-refractivity contribution in [2.75, 3.05) is 6.54 Å². The van der Waals surface area contributed by atoms with E-state index in [-0.39, 0.29) is 18.2 Å². The highest BCUT2D eigenvalue weighted by molar-refractivity contribution is 5.94. The maximum Gasteiger partial charge on any atom is 0.251 e. The molecule has 1 amide bonds. The number of benzene rings is 1. The normalized spacial score (nSPS) is 12.2. The molecule has 0 radical (unpaired) electrons. The molecule has 0 spiro atoms. The van der Waals surface area contributed by atoms with Gasteiger partial charge < -0.3 is 15.5 Å². The second-order valence-corrected chi connectivity index (χ2v) is 3.56. The zero-order valence-corrected chi connectivity index (χ0v) is 8.82. The number of aromatic hydroxyl groups is 1. The van der Waals surface area contributed by atoms with Crippen LogP contribution in [0.2, 0.25) is 0 Å². The minimum absolute atomic E-state index is 0.0969. The molecule has 0 saturated heterocycles. The van der Waals surface area contributed by atoms with Crippen LogP contribution in [0.25, 0.3) is 0 Å². The van der Waals surface area contributed by atoms with Gasteiger partial charge in [0.1, 0.15) is 5.75 Å². The number of amides is 1. The number of rotatable bonds is 3. The van der Waals surface area contributed by atoms with Crippen LogP contribution in [0.4, 0.5) is 0 Å². The van der Waals surface area contributed by atoms with E-state index in [1.807, 2.05) is 0 Å². The van der Waals surface area contributed by atoms with E-state index in [9.17, 15) is 9.90 Å². The molecule has 0 bridgehead atoms. The lowest BCUT2D eigenvalue weighted by Gasteiger charge is -2.07. The molecule has 1 aromatic carbocycles. The van der Waals surface area contributed by atoms with Gasteiger partial charge in [0.25, 0.3) is 5.91 Å². The summed E-state index contributed by atoms with van der Waals surface area (Å²) < 4.78 is 0. The molecule has 4 nitrogen and oxygen atoms in total. The number of phenols is 1. The molecule has 3 N–H and O–H groups in total. The lowest BCUT2D eigenvalue weighted by atomic mass is 10.1. The first-order chi connectivity index (χ1) is 7.00. The Labute approximate surface area is 88.6 Å². The van der Waals surface area contributed by atoms with Crippen molar-refractivity contribution in [2.24, 2.45) is 0 Å². The van der Waals surface area contributed by atoms with Crippen molar-refractivity contribution in [3.8, 4) is 5.75 Å². The number of aryl methyl sites for hydroxylation is 1. The van der Waals surface area contributed by atoms with E-state index in [0.717, 1.165) is 5.56 Å². The Morgan fingerprint density at radius 2 is 2.20 bits per heavy atom. The Kier molecular flexibility index (Phi) is 3.68. The van der Waals surface area contributed by atoms with Gasteiger partial charge in [0, 0.05) is 12.1 Å². The monoisotopic (exact) mass is 209 g/mol. The van der Waals surface area contributed by atoms with Gasteiger partial charge >= 0.3 is 0 Å². The van der Waals surface area contributed by atoms with Crippen molar-refractivity contribution in [1.82, 2.24) is 5.32 Å². The summed E-state index contributed by atoms with van der Waals surface area (Å²) in [5.41, 5.74) is 1.11. The molecule has 0 aliphatic heterocycles. The summed E-state index contributed by atoms with van der Waals surface area (Å²) in [7, 11) is 0. The van der Waals surface area contributed by atoms with Gasteiger partial charge in [-0.2, -0.15) is 0 Å². The Hall–Kier alpha value is -1.55. The second kappa shape index (κ2) is 4.79. The van der Waals surface area contributed by atoms with E-state index in [2.05, 4.69) is 5.32 Å². The lowest BCUT2D eigenvalue weighted by Crippen LogP contribution is -2.30. The summed E-state index contributed by atoms with van der Waals surface area (Å²) in [6.07, 6.45) is -0.576. The summed E-state index contributed by atoms with van der Waals surface area (Å²) in [6.45, 7) is 3.55. The maximum atomic E-state index is 11.5. The topological polar surface area (TPSA) is 69.6 Å². The highest BCUT2D eigenvalue weighted by Gasteiger charge is 2.07. The lowest BCUT2D eigenvalue weighted by molar-refractivity contribution is 0.0923. The summed E-state index contributed by atoms with van der Waals surface area (Å²) in [6, 6.07) is 4.71. The van der Waals surface area contributed by atoms with Crippen molar-refractivity contribution in [1.29, 1.82) is 0 Å². The van der Waals surface area contributed by atoms with Gasteiger partial charge in [-0.05, 0) is 31.5 Å². The first kappa shape index (κ1) is 11.5. The summed E-state index contributed by atoms with van der Waals surface area (Å²) in [5, 5.41) is 20.9. The average Bonchev–Trinajstić information content (AvgIpc) is 2.18. The van der Waals surface area contributed by atoms with Crippen molar-refractivity contribution in [2.45, 2.75) is 20.0 Å². The molecule has 0 fully saturated rings. The van der Waals surface area contributed by atoms with Crippen LogP contribution in [-0.2, 0) is 0 Å². The number of hydrogen-bond acceptors (Lipinski definition) is 3. The van der Waals surface area contributed by atoms with Crippen LogP contribution >= 0.6 is 0 Å². The Balaban J connectivity index is 2.70. The third-order valence-corrected chi connectivity index (χ3v) is 2.03. The summed E-state index contributed by atoms with van der Waals surface area (Å²) >= 11 is 0. The molecule has 1 aromatic rings. The number of nitrogens with one attached hydrogen (secondary N) is 1. The smallest absolute Gasteiger partial charge is 0.251 e. The molecule has 15 heavy (non-hydrogen) atoms. The van der Waals surface area contributed by atoms with E-state index >= 15 is 0 Å². The number of carbonyl (C=O) groups is 1. The van der Waals surface area contributed by atoms with Crippen molar-refractivity contribution in [3.63, 3.8) is 0 Å². The van der Waals surface area contributed by atoms with Gasteiger partial charge in [-0.1, -0.05) is 6.07 Å². The van der Waals surface area contributed by atoms with Crippen molar-refractivity contribution < 1.29 is 15.0 Å². The standard InChI is InChI=1S/C11H15NO3/c1-7-3-4-9(5-10(7)14)11(15)12-6-8(2)13/h3-5,8,13-14H,6H2,1-2H3,(H,12,15). The van der Waals surface area contributed by atoms with E-state index in [1.165, 1.54) is 6.07 Å². The Morgan fingerprint density at radius 3 is 2.73 bits per heavy atom. The molecule has 82 valence electrons. The molecule has 0 heterocycles. The molecular formula is C11H15NO3. The number of hydrogen-bond donors (Lipinski definition) is 3. The quantitative estimate of drug-likeness (QED) is 0.690. The molecule has 4 heteroatoms. The molecule has 1 rings (SSSR count). The predicted octanol–water partition coefficient (Wildman–Crippen LogP) is 0.811. The van der Waals surface area contributed by atoms with Crippen molar-refractivity contribution in [3.05, 3.63) is 29.3 Å². The van der Waals surface area contributed by atoms with Gasteiger partial charge in [0.15, 0.2) is 0 Å². The van der Waals surface area contributed by atoms with Gasteiger partial charge in [0.05, 0.1) is 6.10 Å². The first-order valence-electron chi connectivity index (χ1n) is 4.76. The number of phenolic OH excluding ortho intramolecular Hbond substituents is 1. The van der Waals surface area contributed by atoms with E-state index in [0.29, 0.717) is 5.56 Å². The largest absolute Gasteiger partial charge is 0.508 e. The molecule has 0 saturated carbocycles. The van der Waals surface area contributed by atoms with Crippen LogP contribution < -0.4 is 5.32 Å². The highest BCUT2D eigenvalue weighted by Crippen LogP contribution is 2.17. The second-order valence-electron chi connectivity index (χ2n) is 3.56. The van der Waals surface area contributed by atoms with Gasteiger partial charge in [-0.15, -0.1) is 0 Å². The number of carbonyl (C=O) groups excluding carboxylic acids is 1. The predicted molar refractivity (Wildman–Crippen MR) is 56.9 cm³/mol. The van der Waals surface area contributed by atoms with E-state index in [4.69, 9.17) is 5.11 Å². The third kappa shape index (κ3) is 3.25. The van der Waals surface area contributed by atoms with Crippen molar-refractivity contribution >= 4 is 5.91 Å². The van der Waals surface area contributed by atoms with Crippen LogP contribution in [0, 0.1) is 6.92 Å². The molecule has 1 atom stereocenters. The molecular weight excluding hydrogens is 194 g/mol. The molecule has 0 aliphatic carbocycles. The van der Waals surface area contributed by atoms with Crippen LogP contribution in [0.5, 0.6) is 5.75 Å². The minimum Gasteiger partial charge on any atom is -0.508 e. The molecule has 1 unspecified atom stereocenters. The number of aliphatic hydroxyl groups is 1. The van der Waals surface area contributed by atoms with Gasteiger partial charge in [0.2, 0.25) is 0 Å². The van der Waals surface area contributed by atoms with Crippen LogP contribution in [0.15, 0.2) is 18.2 Å². The maximum absolute atomic E-state index is 11.5. The fourth-order valence-corrected chi connectivity index (χ4v) is 1.09.